The van der Waals surface area contributed by atoms with Gasteiger partial charge in [0.1, 0.15) is 17.2 Å². The van der Waals surface area contributed by atoms with E-state index < -0.39 is 0 Å². The quantitative estimate of drug-likeness (QED) is 0.816. The third-order valence-electron chi connectivity index (χ3n) is 2.48. The second-order valence-electron chi connectivity index (χ2n) is 3.93. The maximum absolute atomic E-state index is 11.2. The normalized spacial score (nSPS) is 10.5. The summed E-state index contributed by atoms with van der Waals surface area (Å²) in [5.41, 5.74) is 0. The highest BCUT2D eigenvalue weighted by molar-refractivity contribution is 7.18. The van der Waals surface area contributed by atoms with E-state index in [0.717, 1.165) is 21.6 Å². The van der Waals surface area contributed by atoms with Gasteiger partial charge in [-0.1, -0.05) is 0 Å². The number of thiophene rings is 1. The number of carbonyl (C=O) groups excluding carboxylic acids is 1. The zero-order valence-corrected chi connectivity index (χ0v) is 11.9. The van der Waals surface area contributed by atoms with Gasteiger partial charge in [-0.15, -0.1) is 11.3 Å². The van der Waals surface area contributed by atoms with Crippen molar-refractivity contribution in [1.82, 2.24) is 9.97 Å². The van der Waals surface area contributed by atoms with Gasteiger partial charge in [-0.2, -0.15) is 4.98 Å². The van der Waals surface area contributed by atoms with E-state index in [0.29, 0.717) is 11.8 Å². The molecule has 0 bridgehead atoms. The fourth-order valence-corrected chi connectivity index (χ4v) is 2.52. The number of rotatable bonds is 5. The lowest BCUT2D eigenvalue weighted by molar-refractivity contribution is -0.138. The molecule has 0 aliphatic heterocycles. The lowest BCUT2D eigenvalue weighted by Crippen LogP contribution is -2.16. The van der Waals surface area contributed by atoms with Crippen LogP contribution in [-0.2, 0) is 9.53 Å². The highest BCUT2D eigenvalue weighted by atomic mass is 32.1. The molecule has 7 heteroatoms. The average molecular weight is 280 g/mol. The maximum Gasteiger partial charge on any atom is 0.325 e. The minimum Gasteiger partial charge on any atom is -0.468 e. The number of carbonyl (C=O) groups is 1. The Labute approximate surface area is 115 Å². The number of aromatic nitrogens is 2. The molecule has 0 aliphatic carbocycles. The topological polar surface area (TPSA) is 76.1 Å². The fourth-order valence-electron chi connectivity index (χ4n) is 1.64. The summed E-state index contributed by atoms with van der Waals surface area (Å²) in [4.78, 5) is 22.1. The predicted molar refractivity (Wildman–Crippen MR) is 76.8 cm³/mol. The van der Waals surface area contributed by atoms with Gasteiger partial charge in [0.05, 0.1) is 12.5 Å². The van der Waals surface area contributed by atoms with Crippen LogP contribution in [0.25, 0.3) is 10.2 Å². The number of ether oxygens (including phenoxy) is 1. The highest BCUT2D eigenvalue weighted by Gasteiger charge is 2.11. The summed E-state index contributed by atoms with van der Waals surface area (Å²) in [6.45, 7) is 4.83. The first-order valence-electron chi connectivity index (χ1n) is 5.96. The summed E-state index contributed by atoms with van der Waals surface area (Å²) in [6.07, 6.45) is 0. The molecule has 0 unspecified atom stereocenters. The molecule has 102 valence electrons. The molecule has 0 amide bonds. The second kappa shape index (κ2) is 5.83. The number of esters is 1. The van der Waals surface area contributed by atoms with Crippen LogP contribution in [0.1, 0.15) is 11.8 Å². The molecule has 2 aromatic heterocycles. The van der Waals surface area contributed by atoms with Crippen LogP contribution in [0.5, 0.6) is 0 Å². The average Bonchev–Trinajstić information content (AvgIpc) is 2.76. The van der Waals surface area contributed by atoms with Crippen LogP contribution in [0, 0.1) is 6.92 Å². The Morgan fingerprint density at radius 3 is 2.89 bits per heavy atom. The second-order valence-corrected chi connectivity index (χ2v) is 5.17. The van der Waals surface area contributed by atoms with E-state index in [1.165, 1.54) is 7.11 Å². The molecule has 2 rings (SSSR count). The molecule has 6 nitrogen and oxygen atoms in total. The molecule has 0 saturated carbocycles. The van der Waals surface area contributed by atoms with E-state index in [1.54, 1.807) is 11.3 Å². The summed E-state index contributed by atoms with van der Waals surface area (Å²) < 4.78 is 4.61. The van der Waals surface area contributed by atoms with Crippen LogP contribution in [0.3, 0.4) is 0 Å². The molecule has 2 aromatic rings. The van der Waals surface area contributed by atoms with E-state index in [2.05, 4.69) is 25.3 Å². The smallest absolute Gasteiger partial charge is 0.325 e. The summed E-state index contributed by atoms with van der Waals surface area (Å²) >= 11 is 1.60. The fraction of sp³-hybridized carbons (Fsp3) is 0.417. The Bertz CT molecular complexity index is 597. The van der Waals surface area contributed by atoms with Crippen molar-refractivity contribution in [1.29, 1.82) is 0 Å². The molecule has 19 heavy (non-hydrogen) atoms. The van der Waals surface area contributed by atoms with Crippen molar-refractivity contribution in [3.05, 3.63) is 10.9 Å². The molecule has 0 fully saturated rings. The molecule has 2 heterocycles. The monoisotopic (exact) mass is 280 g/mol. The Morgan fingerprint density at radius 2 is 2.21 bits per heavy atom. The number of hydrogen-bond acceptors (Lipinski definition) is 7. The zero-order valence-electron chi connectivity index (χ0n) is 11.1. The number of methoxy groups -OCH3 is 1. The zero-order chi connectivity index (χ0) is 13.8. The van der Waals surface area contributed by atoms with Gasteiger partial charge in [0.15, 0.2) is 0 Å². The van der Waals surface area contributed by atoms with Crippen LogP contribution < -0.4 is 10.6 Å². The molecule has 0 atom stereocenters. The van der Waals surface area contributed by atoms with Crippen molar-refractivity contribution in [2.24, 2.45) is 0 Å². The predicted octanol–water partition coefficient (Wildman–Crippen LogP) is 2.02. The van der Waals surface area contributed by atoms with E-state index in [-0.39, 0.29) is 12.5 Å². The summed E-state index contributed by atoms with van der Waals surface area (Å²) in [6, 6.07) is 2.01. The first kappa shape index (κ1) is 13.5. The van der Waals surface area contributed by atoms with Crippen LogP contribution in [0.2, 0.25) is 0 Å². The lowest BCUT2D eigenvalue weighted by Gasteiger charge is -2.08. The minimum absolute atomic E-state index is 0.0864. The Kier molecular flexibility index (Phi) is 4.16. The van der Waals surface area contributed by atoms with Gasteiger partial charge in [0.25, 0.3) is 0 Å². The van der Waals surface area contributed by atoms with Crippen molar-refractivity contribution >= 4 is 39.3 Å². The van der Waals surface area contributed by atoms with Gasteiger partial charge < -0.3 is 15.4 Å². The number of anilines is 2. The molecule has 0 aromatic carbocycles. The molecule has 0 radical (unpaired) electrons. The van der Waals surface area contributed by atoms with Crippen LogP contribution >= 0.6 is 11.3 Å². The number of hydrogen-bond donors (Lipinski definition) is 2. The van der Waals surface area contributed by atoms with Crippen molar-refractivity contribution in [2.45, 2.75) is 13.8 Å². The first-order chi connectivity index (χ1) is 9.13. The van der Waals surface area contributed by atoms with Crippen molar-refractivity contribution in [3.8, 4) is 0 Å². The van der Waals surface area contributed by atoms with Crippen molar-refractivity contribution < 1.29 is 9.53 Å². The SMILES string of the molecule is CCNc1nc(NCC(=O)OC)c2cc(C)sc2n1. The van der Waals surface area contributed by atoms with E-state index in [9.17, 15) is 4.79 Å². The Morgan fingerprint density at radius 1 is 1.42 bits per heavy atom. The Balaban J connectivity index is 2.35. The van der Waals surface area contributed by atoms with Gasteiger partial charge in [0, 0.05) is 11.4 Å². The molecule has 2 N–H and O–H groups in total. The number of fused-ring (bicyclic) bond motifs is 1. The van der Waals surface area contributed by atoms with Crippen LogP contribution in [0.15, 0.2) is 6.07 Å². The number of nitrogens with one attached hydrogen (secondary N) is 2. The van der Waals surface area contributed by atoms with Gasteiger partial charge in [-0.25, -0.2) is 4.98 Å². The van der Waals surface area contributed by atoms with E-state index in [4.69, 9.17) is 0 Å². The molecular formula is C12H16N4O2S. The highest BCUT2D eigenvalue weighted by Crippen LogP contribution is 2.29. The number of aryl methyl sites for hydroxylation is 1. The van der Waals surface area contributed by atoms with Crippen molar-refractivity contribution in [2.75, 3.05) is 30.8 Å². The van der Waals surface area contributed by atoms with Gasteiger partial charge in [-0.3, -0.25) is 4.79 Å². The minimum atomic E-state index is -0.330. The standard InChI is InChI=1S/C12H16N4O2S/c1-4-13-12-15-10(14-6-9(17)18-3)8-5-7(2)19-11(8)16-12/h5H,4,6H2,1-3H3,(H2,13,14,15,16). The largest absolute Gasteiger partial charge is 0.468 e. The molecule has 0 spiro atoms. The van der Waals surface area contributed by atoms with Crippen LogP contribution in [0.4, 0.5) is 11.8 Å². The Hall–Kier alpha value is -1.89. The lowest BCUT2D eigenvalue weighted by atomic mass is 10.3. The van der Waals surface area contributed by atoms with Crippen LogP contribution in [-0.4, -0.2) is 36.1 Å². The van der Waals surface area contributed by atoms with Gasteiger partial charge >= 0.3 is 5.97 Å². The third-order valence-corrected chi connectivity index (χ3v) is 3.42. The van der Waals surface area contributed by atoms with Gasteiger partial charge in [0.2, 0.25) is 5.95 Å². The summed E-state index contributed by atoms with van der Waals surface area (Å²) in [5, 5.41) is 6.99. The molecule has 0 aliphatic rings. The maximum atomic E-state index is 11.2. The molecule has 0 saturated heterocycles. The van der Waals surface area contributed by atoms with Crippen molar-refractivity contribution in [3.63, 3.8) is 0 Å². The van der Waals surface area contributed by atoms with Gasteiger partial charge in [-0.05, 0) is 19.9 Å². The number of nitrogens with zero attached hydrogens (tertiary/aromatic N) is 2. The first-order valence-corrected chi connectivity index (χ1v) is 6.78. The van der Waals surface area contributed by atoms with E-state index >= 15 is 0 Å². The summed E-state index contributed by atoms with van der Waals surface area (Å²) in [7, 11) is 1.36. The third kappa shape index (κ3) is 3.11. The summed E-state index contributed by atoms with van der Waals surface area (Å²) in [5.74, 6) is 0.878. The van der Waals surface area contributed by atoms with E-state index in [1.807, 2.05) is 19.9 Å². The molecular weight excluding hydrogens is 264 g/mol.